The van der Waals surface area contributed by atoms with Crippen LogP contribution in [-0.4, -0.2) is 27.1 Å². The lowest BCUT2D eigenvalue weighted by atomic mass is 10.0. The van der Waals surface area contributed by atoms with Crippen molar-refractivity contribution in [3.8, 4) is 0 Å². The van der Waals surface area contributed by atoms with E-state index in [1.807, 2.05) is 0 Å². The van der Waals surface area contributed by atoms with E-state index in [4.69, 9.17) is 15.3 Å². The maximum absolute atomic E-state index is 11.6. The molecule has 0 aromatic rings. The average molecular weight is 371 g/mol. The molecular weight excluding hydrogens is 328 g/mol. The van der Waals surface area contributed by atoms with Crippen LogP contribution < -0.4 is 0 Å². The Balaban J connectivity index is 3.25. The van der Waals surface area contributed by atoms with Gasteiger partial charge in [-0.2, -0.15) is 0 Å². The summed E-state index contributed by atoms with van der Waals surface area (Å²) < 4.78 is 0. The number of unbranched alkanes of at least 4 members (excludes halogenated alkanes) is 11. The van der Waals surface area contributed by atoms with E-state index in [1.54, 1.807) is 0 Å². The Morgan fingerprint density at radius 2 is 1.15 bits per heavy atom. The molecule has 0 rings (SSSR count). The first-order valence-corrected chi connectivity index (χ1v) is 10.8. The summed E-state index contributed by atoms with van der Waals surface area (Å²) in [5, 5.41) is 26.2. The van der Waals surface area contributed by atoms with Crippen LogP contribution >= 0.6 is 0 Å². The van der Waals surface area contributed by atoms with Crippen LogP contribution in [0.4, 0.5) is 0 Å². The molecule has 0 aliphatic heterocycles. The normalized spacial score (nSPS) is 12.2. The lowest BCUT2D eigenvalue weighted by molar-refractivity contribution is -0.314. The summed E-state index contributed by atoms with van der Waals surface area (Å²) in [6.45, 7) is 2.25. The standard InChI is InChI=1S/C22H42O4/c1-2-3-4-5-6-7-8-9-10-11-12-13-14-15-16-18-21(23)19-17-20-22(24,25)26/h9-10,24-26H,2-8,11-20H2,1H3. The number of allylic oxidation sites excluding steroid dienone is 2. The highest BCUT2D eigenvalue weighted by Gasteiger charge is 2.17. The van der Waals surface area contributed by atoms with Gasteiger partial charge < -0.3 is 15.3 Å². The molecule has 0 amide bonds. The van der Waals surface area contributed by atoms with Crippen molar-refractivity contribution in [1.82, 2.24) is 0 Å². The Bertz CT molecular complexity index is 345. The summed E-state index contributed by atoms with van der Waals surface area (Å²) in [6.07, 6.45) is 21.8. The predicted octanol–water partition coefficient (Wildman–Crippen LogP) is 5.39. The highest BCUT2D eigenvalue weighted by Crippen LogP contribution is 2.12. The Labute approximate surface area is 160 Å². The SMILES string of the molecule is CCCCCCCCC=CCCCCCCCC(=O)CCCC(O)(O)O. The zero-order chi connectivity index (χ0) is 19.5. The third-order valence-corrected chi connectivity index (χ3v) is 4.69. The fourth-order valence-electron chi connectivity index (χ4n) is 3.04. The Hall–Kier alpha value is -0.710. The maximum atomic E-state index is 11.6. The van der Waals surface area contributed by atoms with E-state index < -0.39 is 5.97 Å². The van der Waals surface area contributed by atoms with Gasteiger partial charge in [-0.1, -0.05) is 70.4 Å². The van der Waals surface area contributed by atoms with Gasteiger partial charge in [0.25, 0.3) is 5.97 Å². The van der Waals surface area contributed by atoms with E-state index in [-0.39, 0.29) is 12.2 Å². The molecule has 154 valence electrons. The van der Waals surface area contributed by atoms with E-state index >= 15 is 0 Å². The van der Waals surface area contributed by atoms with Crippen molar-refractivity contribution in [1.29, 1.82) is 0 Å². The van der Waals surface area contributed by atoms with Gasteiger partial charge in [0.15, 0.2) is 0 Å². The number of hydrogen-bond donors (Lipinski definition) is 3. The molecule has 0 saturated carbocycles. The molecular formula is C22H42O4. The number of rotatable bonds is 19. The first-order valence-electron chi connectivity index (χ1n) is 10.8. The van der Waals surface area contributed by atoms with Gasteiger partial charge in [-0.15, -0.1) is 0 Å². The smallest absolute Gasteiger partial charge is 0.275 e. The van der Waals surface area contributed by atoms with Crippen molar-refractivity contribution in [2.24, 2.45) is 0 Å². The quantitative estimate of drug-likeness (QED) is 0.162. The first-order chi connectivity index (χ1) is 12.5. The zero-order valence-corrected chi connectivity index (χ0v) is 16.9. The van der Waals surface area contributed by atoms with Crippen molar-refractivity contribution in [2.75, 3.05) is 0 Å². The third-order valence-electron chi connectivity index (χ3n) is 4.69. The summed E-state index contributed by atoms with van der Waals surface area (Å²) >= 11 is 0. The van der Waals surface area contributed by atoms with E-state index in [0.29, 0.717) is 19.3 Å². The zero-order valence-electron chi connectivity index (χ0n) is 16.9. The molecule has 0 saturated heterocycles. The second kappa shape index (κ2) is 17.7. The highest BCUT2D eigenvalue weighted by atomic mass is 16.7. The molecule has 0 atom stereocenters. The molecule has 4 nitrogen and oxygen atoms in total. The summed E-state index contributed by atoms with van der Waals surface area (Å²) in [6, 6.07) is 0. The maximum Gasteiger partial charge on any atom is 0.275 e. The van der Waals surface area contributed by atoms with Crippen LogP contribution in [0, 0.1) is 0 Å². The highest BCUT2D eigenvalue weighted by molar-refractivity contribution is 5.78. The second-order valence-electron chi connectivity index (χ2n) is 7.50. The van der Waals surface area contributed by atoms with E-state index in [9.17, 15) is 4.79 Å². The number of ketones is 1. The molecule has 0 aromatic heterocycles. The Morgan fingerprint density at radius 3 is 1.69 bits per heavy atom. The molecule has 0 fully saturated rings. The average Bonchev–Trinajstić information content (AvgIpc) is 2.57. The van der Waals surface area contributed by atoms with Gasteiger partial charge in [0.2, 0.25) is 0 Å². The lowest BCUT2D eigenvalue weighted by Crippen LogP contribution is -2.26. The Kier molecular flexibility index (Phi) is 17.2. The molecule has 0 radical (unpaired) electrons. The van der Waals surface area contributed by atoms with E-state index in [2.05, 4.69) is 19.1 Å². The molecule has 4 heteroatoms. The Morgan fingerprint density at radius 1 is 0.692 bits per heavy atom. The molecule has 0 aliphatic carbocycles. The van der Waals surface area contributed by atoms with Crippen molar-refractivity contribution >= 4 is 5.78 Å². The molecule has 0 bridgehead atoms. The molecule has 3 N–H and O–H groups in total. The van der Waals surface area contributed by atoms with Crippen LogP contribution in [0.3, 0.4) is 0 Å². The minimum atomic E-state index is -2.64. The van der Waals surface area contributed by atoms with Crippen molar-refractivity contribution < 1.29 is 20.1 Å². The number of aliphatic hydroxyl groups is 3. The van der Waals surface area contributed by atoms with Crippen molar-refractivity contribution in [3.05, 3.63) is 12.2 Å². The van der Waals surface area contributed by atoms with Crippen LogP contribution in [0.15, 0.2) is 12.2 Å². The largest absolute Gasteiger partial charge is 0.344 e. The second-order valence-corrected chi connectivity index (χ2v) is 7.50. The molecule has 0 unspecified atom stereocenters. The van der Waals surface area contributed by atoms with Crippen LogP contribution in [0.5, 0.6) is 0 Å². The van der Waals surface area contributed by atoms with Crippen molar-refractivity contribution in [2.45, 2.75) is 122 Å². The van der Waals surface area contributed by atoms with Crippen LogP contribution in [0.1, 0.15) is 116 Å². The van der Waals surface area contributed by atoms with Gasteiger partial charge in [0.05, 0.1) is 0 Å². The van der Waals surface area contributed by atoms with Crippen LogP contribution in [-0.2, 0) is 4.79 Å². The summed E-state index contributed by atoms with van der Waals surface area (Å²) in [5.41, 5.74) is 0. The van der Waals surface area contributed by atoms with Gasteiger partial charge in [-0.05, 0) is 38.5 Å². The summed E-state index contributed by atoms with van der Waals surface area (Å²) in [5.74, 6) is -2.49. The molecule has 0 aliphatic rings. The van der Waals surface area contributed by atoms with Gasteiger partial charge in [0, 0.05) is 19.3 Å². The van der Waals surface area contributed by atoms with Gasteiger partial charge in [-0.3, -0.25) is 4.79 Å². The molecule has 0 heterocycles. The number of Topliss-reactive ketones (excluding diaryl/α,β-unsaturated/α-hetero) is 1. The van der Waals surface area contributed by atoms with E-state index in [0.717, 1.165) is 12.8 Å². The summed E-state index contributed by atoms with van der Waals surface area (Å²) in [4.78, 5) is 11.6. The van der Waals surface area contributed by atoms with Gasteiger partial charge >= 0.3 is 0 Å². The predicted molar refractivity (Wildman–Crippen MR) is 108 cm³/mol. The minimum absolute atomic E-state index is 0.145. The minimum Gasteiger partial charge on any atom is -0.344 e. The number of carbonyl (C=O) groups excluding carboxylic acids is 1. The molecule has 0 aromatic carbocycles. The molecule has 0 spiro atoms. The monoisotopic (exact) mass is 370 g/mol. The third kappa shape index (κ3) is 21.3. The molecule has 26 heavy (non-hydrogen) atoms. The van der Waals surface area contributed by atoms with Crippen molar-refractivity contribution in [3.63, 3.8) is 0 Å². The first kappa shape index (κ1) is 25.3. The fraction of sp³-hybridized carbons (Fsp3) is 0.864. The van der Waals surface area contributed by atoms with E-state index in [1.165, 1.54) is 70.6 Å². The van der Waals surface area contributed by atoms with Crippen LogP contribution in [0.2, 0.25) is 0 Å². The van der Waals surface area contributed by atoms with Gasteiger partial charge in [0.1, 0.15) is 5.78 Å². The fourth-order valence-corrected chi connectivity index (χ4v) is 3.04. The number of carbonyl (C=O) groups is 1. The van der Waals surface area contributed by atoms with Gasteiger partial charge in [-0.25, -0.2) is 0 Å². The van der Waals surface area contributed by atoms with Crippen LogP contribution in [0.25, 0.3) is 0 Å². The lowest BCUT2D eigenvalue weighted by Gasteiger charge is -2.12. The number of hydrogen-bond acceptors (Lipinski definition) is 4. The topological polar surface area (TPSA) is 77.8 Å². The summed E-state index contributed by atoms with van der Waals surface area (Å²) in [7, 11) is 0.